The van der Waals surface area contributed by atoms with Crippen LogP contribution < -0.4 is 20.1 Å². The highest BCUT2D eigenvalue weighted by atomic mass is 35.5. The predicted molar refractivity (Wildman–Crippen MR) is 104 cm³/mol. The van der Waals surface area contributed by atoms with Gasteiger partial charge in [0.15, 0.2) is 11.5 Å². The number of nitrogens with one attached hydrogen (secondary N) is 2. The van der Waals surface area contributed by atoms with E-state index in [1.165, 1.54) is 12.1 Å². The number of hydrogen-bond acceptors (Lipinski definition) is 3. The molecule has 5 nitrogen and oxygen atoms in total. The molecule has 2 N–H and O–H groups in total. The summed E-state index contributed by atoms with van der Waals surface area (Å²) in [5.41, 5.74) is 1.28. The fourth-order valence-corrected chi connectivity index (χ4v) is 3.13. The molecule has 0 aliphatic heterocycles. The van der Waals surface area contributed by atoms with Gasteiger partial charge in [0.05, 0.1) is 31.3 Å². The first kappa shape index (κ1) is 21.1. The summed E-state index contributed by atoms with van der Waals surface area (Å²) >= 11 is 11.8. The second-order valence-electron chi connectivity index (χ2n) is 5.96. The molecule has 0 saturated carbocycles. The number of carbonyl (C=O) groups excluding carboxylic acids is 1. The molecule has 2 atom stereocenters. The van der Waals surface area contributed by atoms with Crippen LogP contribution in [0.3, 0.4) is 0 Å². The molecule has 0 aromatic heterocycles. The maximum absolute atomic E-state index is 13.7. The van der Waals surface area contributed by atoms with Crippen LogP contribution in [0.25, 0.3) is 0 Å². The van der Waals surface area contributed by atoms with Crippen molar-refractivity contribution >= 4 is 29.2 Å². The zero-order valence-corrected chi connectivity index (χ0v) is 16.9. The number of methoxy groups -OCH3 is 2. The molecule has 2 aromatic carbocycles. The molecule has 0 aliphatic rings. The van der Waals surface area contributed by atoms with Crippen LogP contribution in [-0.2, 0) is 0 Å². The minimum atomic E-state index is -0.594. The molecule has 0 bridgehead atoms. The Morgan fingerprint density at radius 1 is 0.963 bits per heavy atom. The van der Waals surface area contributed by atoms with Gasteiger partial charge in [0.2, 0.25) is 0 Å². The van der Waals surface area contributed by atoms with Crippen molar-refractivity contribution in [2.45, 2.75) is 25.9 Å². The quantitative estimate of drug-likeness (QED) is 0.632. The van der Waals surface area contributed by atoms with E-state index in [2.05, 4.69) is 10.6 Å². The summed E-state index contributed by atoms with van der Waals surface area (Å²) in [5.74, 6) is 0.579. The summed E-state index contributed by atoms with van der Waals surface area (Å²) in [6, 6.07) is 6.69. The number of carbonyl (C=O) groups is 1. The number of benzene rings is 2. The van der Waals surface area contributed by atoms with Crippen molar-refractivity contribution in [3.8, 4) is 11.5 Å². The van der Waals surface area contributed by atoms with Gasteiger partial charge in [0, 0.05) is 5.02 Å². The van der Waals surface area contributed by atoms with Crippen molar-refractivity contribution in [1.82, 2.24) is 10.6 Å². The molecular formula is C19H21Cl2FN2O3. The van der Waals surface area contributed by atoms with Gasteiger partial charge in [-0.2, -0.15) is 0 Å². The van der Waals surface area contributed by atoms with Crippen molar-refractivity contribution in [2.24, 2.45) is 0 Å². The summed E-state index contributed by atoms with van der Waals surface area (Å²) < 4.78 is 24.2. The van der Waals surface area contributed by atoms with E-state index in [-0.39, 0.29) is 16.1 Å². The molecule has 0 spiro atoms. The summed E-state index contributed by atoms with van der Waals surface area (Å²) in [7, 11) is 3.10. The van der Waals surface area contributed by atoms with Crippen LogP contribution in [-0.4, -0.2) is 20.3 Å². The zero-order chi connectivity index (χ0) is 20.1. The van der Waals surface area contributed by atoms with Crippen molar-refractivity contribution in [1.29, 1.82) is 0 Å². The maximum atomic E-state index is 13.7. The fourth-order valence-electron chi connectivity index (χ4n) is 2.59. The minimum absolute atomic E-state index is 0.0672. The van der Waals surface area contributed by atoms with Crippen LogP contribution in [0.4, 0.5) is 9.18 Å². The summed E-state index contributed by atoms with van der Waals surface area (Å²) in [6.45, 7) is 3.54. The number of halogens is 3. The molecule has 27 heavy (non-hydrogen) atoms. The number of ether oxygens (including phenoxy) is 2. The average Bonchev–Trinajstić information content (AvgIpc) is 2.63. The van der Waals surface area contributed by atoms with Crippen molar-refractivity contribution in [2.75, 3.05) is 14.2 Å². The second-order valence-corrected chi connectivity index (χ2v) is 6.78. The molecule has 0 fully saturated rings. The molecule has 146 valence electrons. The molecule has 2 amide bonds. The van der Waals surface area contributed by atoms with E-state index in [0.29, 0.717) is 17.1 Å². The maximum Gasteiger partial charge on any atom is 0.315 e. The van der Waals surface area contributed by atoms with Crippen LogP contribution >= 0.6 is 23.2 Å². The van der Waals surface area contributed by atoms with Crippen LogP contribution in [0.15, 0.2) is 30.3 Å². The molecular weight excluding hydrogens is 394 g/mol. The highest BCUT2D eigenvalue weighted by Gasteiger charge is 2.18. The Bertz CT molecular complexity index is 833. The second kappa shape index (κ2) is 9.15. The van der Waals surface area contributed by atoms with E-state index < -0.39 is 17.9 Å². The van der Waals surface area contributed by atoms with Crippen molar-refractivity contribution in [3.63, 3.8) is 0 Å². The lowest BCUT2D eigenvalue weighted by molar-refractivity contribution is 0.235. The first-order valence-electron chi connectivity index (χ1n) is 8.20. The Labute approximate surface area is 167 Å². The molecule has 0 radical (unpaired) electrons. The summed E-state index contributed by atoms with van der Waals surface area (Å²) in [4.78, 5) is 12.3. The lowest BCUT2D eigenvalue weighted by atomic mass is 10.1. The van der Waals surface area contributed by atoms with Gasteiger partial charge in [0.25, 0.3) is 0 Å². The topological polar surface area (TPSA) is 59.6 Å². The van der Waals surface area contributed by atoms with Gasteiger partial charge in [0.1, 0.15) is 5.82 Å². The smallest absolute Gasteiger partial charge is 0.315 e. The Morgan fingerprint density at radius 2 is 1.59 bits per heavy atom. The van der Waals surface area contributed by atoms with Gasteiger partial charge in [-0.1, -0.05) is 29.3 Å². The SMILES string of the molecule is COc1ccc(C(C)NC(=O)NC(C)c2cc(F)c(Cl)cc2Cl)cc1OC. The molecule has 2 rings (SSSR count). The Morgan fingerprint density at radius 3 is 2.22 bits per heavy atom. The lowest BCUT2D eigenvalue weighted by Crippen LogP contribution is -2.38. The van der Waals surface area contributed by atoms with Gasteiger partial charge in [-0.15, -0.1) is 0 Å². The highest BCUT2D eigenvalue weighted by Crippen LogP contribution is 2.30. The van der Waals surface area contributed by atoms with E-state index in [1.54, 1.807) is 33.3 Å². The molecule has 0 heterocycles. The van der Waals surface area contributed by atoms with E-state index in [1.807, 2.05) is 13.0 Å². The van der Waals surface area contributed by atoms with Gasteiger partial charge in [-0.3, -0.25) is 0 Å². The largest absolute Gasteiger partial charge is 0.493 e. The first-order chi connectivity index (χ1) is 12.8. The van der Waals surface area contributed by atoms with Gasteiger partial charge in [-0.05, 0) is 49.2 Å². The predicted octanol–water partition coefficient (Wildman–Crippen LogP) is 5.27. The third-order valence-corrected chi connectivity index (χ3v) is 4.73. The number of urea groups is 1. The van der Waals surface area contributed by atoms with E-state index in [0.717, 1.165) is 5.56 Å². The average molecular weight is 415 g/mol. The molecule has 0 aliphatic carbocycles. The van der Waals surface area contributed by atoms with Crippen molar-refractivity contribution in [3.05, 3.63) is 57.3 Å². The van der Waals surface area contributed by atoms with Gasteiger partial charge < -0.3 is 20.1 Å². The standard InChI is InChI=1S/C19H21Cl2FN2O3/c1-10(12-5-6-17(26-3)18(7-12)27-4)23-19(25)24-11(2)13-8-16(22)15(21)9-14(13)20/h5-11H,1-4H3,(H2,23,24,25). The van der Waals surface area contributed by atoms with Crippen LogP contribution in [0.5, 0.6) is 11.5 Å². The van der Waals surface area contributed by atoms with Crippen LogP contribution in [0.1, 0.15) is 37.1 Å². The first-order valence-corrected chi connectivity index (χ1v) is 8.95. The highest BCUT2D eigenvalue weighted by molar-refractivity contribution is 6.35. The number of amides is 2. The third kappa shape index (κ3) is 5.17. The van der Waals surface area contributed by atoms with E-state index in [4.69, 9.17) is 32.7 Å². The molecule has 0 saturated heterocycles. The molecule has 8 heteroatoms. The fraction of sp³-hybridized carbons (Fsp3) is 0.316. The lowest BCUT2D eigenvalue weighted by Gasteiger charge is -2.20. The monoisotopic (exact) mass is 414 g/mol. The third-order valence-electron chi connectivity index (χ3n) is 4.11. The minimum Gasteiger partial charge on any atom is -0.493 e. The summed E-state index contributed by atoms with van der Waals surface area (Å²) in [5, 5.41) is 5.77. The van der Waals surface area contributed by atoms with E-state index >= 15 is 0 Å². The van der Waals surface area contributed by atoms with Crippen LogP contribution in [0.2, 0.25) is 10.0 Å². The van der Waals surface area contributed by atoms with E-state index in [9.17, 15) is 9.18 Å². The molecule has 2 aromatic rings. The number of rotatable bonds is 6. The van der Waals surface area contributed by atoms with Gasteiger partial charge in [-0.25, -0.2) is 9.18 Å². The van der Waals surface area contributed by atoms with Gasteiger partial charge >= 0.3 is 6.03 Å². The Balaban J connectivity index is 2.06. The Kier molecular flexibility index (Phi) is 7.16. The normalized spacial score (nSPS) is 12.9. The van der Waals surface area contributed by atoms with Crippen LogP contribution in [0, 0.1) is 5.82 Å². The Hall–Kier alpha value is -2.18. The molecule has 2 unspecified atom stereocenters. The van der Waals surface area contributed by atoms with Crippen molar-refractivity contribution < 1.29 is 18.7 Å². The number of hydrogen-bond donors (Lipinski definition) is 2. The zero-order valence-electron chi connectivity index (χ0n) is 15.4. The summed E-state index contributed by atoms with van der Waals surface area (Å²) in [6.07, 6.45) is 0.